The molecule has 0 radical (unpaired) electrons. The fraction of sp³-hybridized carbons (Fsp3) is 0.471. The number of imidazole rings is 1. The van der Waals surface area contributed by atoms with Gasteiger partial charge in [-0.3, -0.25) is 0 Å². The number of benzene rings is 1. The SMILES string of the molecule is CCNC(C)c1ccc(-n2cnc3c2CCCC3)c(F)c1. The van der Waals surface area contributed by atoms with Crippen molar-refractivity contribution in [3.8, 4) is 5.69 Å². The first-order valence-electron chi connectivity index (χ1n) is 7.79. The van der Waals surface area contributed by atoms with E-state index in [1.165, 1.54) is 12.1 Å². The molecule has 0 fully saturated rings. The first kappa shape index (κ1) is 14.3. The second kappa shape index (κ2) is 5.98. The molecule has 4 heteroatoms. The normalized spacial score (nSPS) is 15.8. The molecule has 1 unspecified atom stereocenters. The van der Waals surface area contributed by atoms with E-state index in [4.69, 9.17) is 0 Å². The number of aryl methyl sites for hydroxylation is 1. The lowest BCUT2D eigenvalue weighted by Gasteiger charge is -2.17. The van der Waals surface area contributed by atoms with E-state index >= 15 is 0 Å². The Morgan fingerprint density at radius 2 is 2.14 bits per heavy atom. The highest BCUT2D eigenvalue weighted by Gasteiger charge is 2.18. The van der Waals surface area contributed by atoms with Gasteiger partial charge in [0.25, 0.3) is 0 Å². The van der Waals surface area contributed by atoms with Gasteiger partial charge in [0.05, 0.1) is 17.7 Å². The number of fused-ring (bicyclic) bond motifs is 1. The van der Waals surface area contributed by atoms with Gasteiger partial charge in [-0.1, -0.05) is 13.0 Å². The molecule has 3 rings (SSSR count). The molecule has 0 saturated heterocycles. The molecule has 1 aliphatic carbocycles. The Kier molecular flexibility index (Phi) is 4.06. The lowest BCUT2D eigenvalue weighted by Crippen LogP contribution is -2.18. The van der Waals surface area contributed by atoms with Crippen molar-refractivity contribution in [2.75, 3.05) is 6.54 Å². The molecule has 0 bridgehead atoms. The van der Waals surface area contributed by atoms with Crippen LogP contribution in [-0.4, -0.2) is 16.1 Å². The lowest BCUT2D eigenvalue weighted by molar-refractivity contribution is 0.577. The second-order valence-corrected chi connectivity index (χ2v) is 5.71. The smallest absolute Gasteiger partial charge is 0.147 e. The molecule has 3 nitrogen and oxygen atoms in total. The number of hydrogen-bond acceptors (Lipinski definition) is 2. The fourth-order valence-corrected chi connectivity index (χ4v) is 3.09. The number of halogens is 1. The van der Waals surface area contributed by atoms with Gasteiger partial charge in [0.2, 0.25) is 0 Å². The van der Waals surface area contributed by atoms with Crippen LogP contribution in [0.25, 0.3) is 5.69 Å². The van der Waals surface area contributed by atoms with Crippen LogP contribution in [-0.2, 0) is 12.8 Å². The van der Waals surface area contributed by atoms with Gasteiger partial charge in [-0.25, -0.2) is 9.37 Å². The summed E-state index contributed by atoms with van der Waals surface area (Å²) in [6.45, 7) is 4.98. The maximum atomic E-state index is 14.5. The monoisotopic (exact) mass is 287 g/mol. The molecule has 1 aromatic heterocycles. The van der Waals surface area contributed by atoms with E-state index in [1.54, 1.807) is 12.4 Å². The molecule has 1 atom stereocenters. The van der Waals surface area contributed by atoms with Crippen molar-refractivity contribution < 1.29 is 4.39 Å². The molecule has 0 aliphatic heterocycles. The molecule has 0 saturated carbocycles. The maximum Gasteiger partial charge on any atom is 0.147 e. The second-order valence-electron chi connectivity index (χ2n) is 5.71. The van der Waals surface area contributed by atoms with Crippen LogP contribution in [0.2, 0.25) is 0 Å². The summed E-state index contributed by atoms with van der Waals surface area (Å²) in [7, 11) is 0. The first-order chi connectivity index (χ1) is 10.2. The van der Waals surface area contributed by atoms with Crippen molar-refractivity contribution >= 4 is 0 Å². The summed E-state index contributed by atoms with van der Waals surface area (Å²) in [6, 6.07) is 5.67. The average molecular weight is 287 g/mol. The summed E-state index contributed by atoms with van der Waals surface area (Å²) in [5.41, 5.74) is 3.89. The maximum absolute atomic E-state index is 14.5. The quantitative estimate of drug-likeness (QED) is 0.932. The van der Waals surface area contributed by atoms with Crippen LogP contribution in [0.5, 0.6) is 0 Å². The van der Waals surface area contributed by atoms with Crippen LogP contribution < -0.4 is 5.32 Å². The number of nitrogens with one attached hydrogen (secondary N) is 1. The van der Waals surface area contributed by atoms with Gasteiger partial charge in [-0.2, -0.15) is 0 Å². The van der Waals surface area contributed by atoms with Crippen molar-refractivity contribution in [1.82, 2.24) is 14.9 Å². The Labute approximate surface area is 125 Å². The zero-order valence-electron chi connectivity index (χ0n) is 12.7. The molecule has 1 aliphatic rings. The first-order valence-corrected chi connectivity index (χ1v) is 7.79. The van der Waals surface area contributed by atoms with E-state index in [1.807, 2.05) is 16.7 Å². The van der Waals surface area contributed by atoms with Crippen LogP contribution in [0.3, 0.4) is 0 Å². The minimum absolute atomic E-state index is 0.162. The molecule has 2 aromatic rings. The predicted molar refractivity (Wildman–Crippen MR) is 82.3 cm³/mol. The van der Waals surface area contributed by atoms with Gasteiger partial charge in [0.15, 0.2) is 0 Å². The van der Waals surface area contributed by atoms with Crippen molar-refractivity contribution in [3.05, 3.63) is 47.3 Å². The summed E-state index contributed by atoms with van der Waals surface area (Å²) in [5, 5.41) is 3.31. The Morgan fingerprint density at radius 1 is 1.33 bits per heavy atom. The van der Waals surface area contributed by atoms with E-state index in [0.29, 0.717) is 5.69 Å². The largest absolute Gasteiger partial charge is 0.310 e. The average Bonchev–Trinajstić information content (AvgIpc) is 2.91. The highest BCUT2D eigenvalue weighted by molar-refractivity contribution is 5.40. The van der Waals surface area contributed by atoms with Crippen LogP contribution in [0.15, 0.2) is 24.5 Å². The molecule has 1 N–H and O–H groups in total. The minimum atomic E-state index is -0.178. The van der Waals surface area contributed by atoms with E-state index in [-0.39, 0.29) is 11.9 Å². The summed E-state index contributed by atoms with van der Waals surface area (Å²) in [6.07, 6.45) is 6.12. The van der Waals surface area contributed by atoms with Crippen LogP contribution >= 0.6 is 0 Å². The third-order valence-corrected chi connectivity index (χ3v) is 4.27. The molecule has 1 heterocycles. The molecule has 21 heavy (non-hydrogen) atoms. The number of rotatable bonds is 4. The van der Waals surface area contributed by atoms with Crippen molar-refractivity contribution in [1.29, 1.82) is 0 Å². The summed E-state index contributed by atoms with van der Waals surface area (Å²) in [5.74, 6) is -0.178. The van der Waals surface area contributed by atoms with Gasteiger partial charge >= 0.3 is 0 Å². The predicted octanol–water partition coefficient (Wildman–Crippen LogP) is 3.56. The van der Waals surface area contributed by atoms with Gasteiger partial charge in [-0.15, -0.1) is 0 Å². The van der Waals surface area contributed by atoms with Gasteiger partial charge < -0.3 is 9.88 Å². The Hall–Kier alpha value is -1.68. The third-order valence-electron chi connectivity index (χ3n) is 4.27. The van der Waals surface area contributed by atoms with Crippen molar-refractivity contribution in [2.24, 2.45) is 0 Å². The summed E-state index contributed by atoms with van der Waals surface area (Å²) >= 11 is 0. The molecule has 1 aromatic carbocycles. The minimum Gasteiger partial charge on any atom is -0.310 e. The Bertz CT molecular complexity index is 633. The fourth-order valence-electron chi connectivity index (χ4n) is 3.09. The number of aromatic nitrogens is 2. The highest BCUT2D eigenvalue weighted by Crippen LogP contribution is 2.26. The lowest BCUT2D eigenvalue weighted by atomic mass is 10.0. The molecule has 112 valence electrons. The zero-order chi connectivity index (χ0) is 14.8. The van der Waals surface area contributed by atoms with E-state index in [9.17, 15) is 4.39 Å². The zero-order valence-corrected chi connectivity index (χ0v) is 12.7. The van der Waals surface area contributed by atoms with Gasteiger partial charge in [-0.05, 0) is 56.8 Å². The van der Waals surface area contributed by atoms with Crippen LogP contribution in [0.4, 0.5) is 4.39 Å². The summed E-state index contributed by atoms with van der Waals surface area (Å²) < 4.78 is 16.4. The topological polar surface area (TPSA) is 29.9 Å². The van der Waals surface area contributed by atoms with E-state index in [0.717, 1.165) is 37.1 Å². The van der Waals surface area contributed by atoms with Gasteiger partial charge in [0.1, 0.15) is 5.82 Å². The Balaban J connectivity index is 1.94. The highest BCUT2D eigenvalue weighted by atomic mass is 19.1. The number of hydrogen-bond donors (Lipinski definition) is 1. The van der Waals surface area contributed by atoms with Crippen molar-refractivity contribution in [2.45, 2.75) is 45.6 Å². The number of nitrogens with zero attached hydrogens (tertiary/aromatic N) is 2. The van der Waals surface area contributed by atoms with Crippen molar-refractivity contribution in [3.63, 3.8) is 0 Å². The standard InChI is InChI=1S/C17H22FN3/c1-3-19-12(2)13-8-9-16(14(18)10-13)21-11-20-15-6-4-5-7-17(15)21/h8-12,19H,3-7H2,1-2H3. The van der Waals surface area contributed by atoms with E-state index in [2.05, 4.69) is 24.1 Å². The third kappa shape index (κ3) is 2.72. The van der Waals surface area contributed by atoms with Gasteiger partial charge in [0, 0.05) is 11.7 Å². The van der Waals surface area contributed by atoms with Crippen LogP contribution in [0.1, 0.15) is 49.7 Å². The molecule has 0 spiro atoms. The van der Waals surface area contributed by atoms with E-state index < -0.39 is 0 Å². The molecular formula is C17H22FN3. The Morgan fingerprint density at radius 3 is 2.90 bits per heavy atom. The molecular weight excluding hydrogens is 265 g/mol. The summed E-state index contributed by atoms with van der Waals surface area (Å²) in [4.78, 5) is 4.45. The molecule has 0 amide bonds. The van der Waals surface area contributed by atoms with Crippen LogP contribution in [0, 0.1) is 5.82 Å².